The van der Waals surface area contributed by atoms with E-state index in [-0.39, 0.29) is 0 Å². The first-order valence-corrected chi connectivity index (χ1v) is 6.16. The average Bonchev–Trinajstić information content (AvgIpc) is 2.48. The fourth-order valence-corrected chi connectivity index (χ4v) is 2.07. The van der Waals surface area contributed by atoms with Gasteiger partial charge in [-0.1, -0.05) is 12.1 Å². The van der Waals surface area contributed by atoms with Gasteiger partial charge in [-0.15, -0.1) is 0 Å². The van der Waals surface area contributed by atoms with Gasteiger partial charge in [0.1, 0.15) is 7.05 Å². The fourth-order valence-electron chi connectivity index (χ4n) is 2.07. The quantitative estimate of drug-likeness (QED) is 0.652. The Morgan fingerprint density at radius 3 is 1.74 bits per heavy atom. The van der Waals surface area contributed by atoms with E-state index in [0.717, 1.165) is 22.5 Å². The summed E-state index contributed by atoms with van der Waals surface area (Å²) >= 11 is 0. The minimum absolute atomic E-state index is 0.968. The zero-order chi connectivity index (χ0) is 13.1. The molecule has 3 aromatic rings. The normalized spacial score (nSPS) is 10.4. The van der Waals surface area contributed by atoms with E-state index < -0.39 is 0 Å². The number of aryl methyl sites for hydroxylation is 1. The van der Waals surface area contributed by atoms with Crippen LogP contribution in [0.4, 0.5) is 0 Å². The van der Waals surface area contributed by atoms with Gasteiger partial charge < -0.3 is 0 Å². The summed E-state index contributed by atoms with van der Waals surface area (Å²) in [4.78, 5) is 8.78. The Morgan fingerprint density at radius 1 is 0.789 bits per heavy atom. The van der Waals surface area contributed by atoms with E-state index in [9.17, 15) is 0 Å². The molecular formula is C16H14N3+. The van der Waals surface area contributed by atoms with Crippen molar-refractivity contribution in [1.82, 2.24) is 9.97 Å². The highest BCUT2D eigenvalue weighted by atomic mass is 14.9. The molecule has 3 heteroatoms. The van der Waals surface area contributed by atoms with Crippen LogP contribution in [0.3, 0.4) is 0 Å². The molecule has 0 radical (unpaired) electrons. The van der Waals surface area contributed by atoms with E-state index in [4.69, 9.17) is 0 Å². The van der Waals surface area contributed by atoms with Crippen LogP contribution in [0.5, 0.6) is 0 Å². The summed E-state index contributed by atoms with van der Waals surface area (Å²) in [6.07, 6.45) is 7.75. The first kappa shape index (κ1) is 11.5. The lowest BCUT2D eigenvalue weighted by molar-refractivity contribution is -0.670. The predicted molar refractivity (Wildman–Crippen MR) is 74.1 cm³/mol. The van der Waals surface area contributed by atoms with Crippen LogP contribution in [-0.2, 0) is 7.05 Å². The van der Waals surface area contributed by atoms with Crippen molar-refractivity contribution in [2.45, 2.75) is 0 Å². The van der Waals surface area contributed by atoms with Crippen molar-refractivity contribution < 1.29 is 4.57 Å². The van der Waals surface area contributed by atoms with Crippen LogP contribution in [0, 0.1) is 0 Å². The topological polar surface area (TPSA) is 29.7 Å². The van der Waals surface area contributed by atoms with Gasteiger partial charge in [0.05, 0.1) is 22.5 Å². The summed E-state index contributed by atoms with van der Waals surface area (Å²) in [6, 6.07) is 14.0. The molecule has 0 unspecified atom stereocenters. The van der Waals surface area contributed by atoms with Crippen LogP contribution in [0.15, 0.2) is 67.3 Å². The van der Waals surface area contributed by atoms with Crippen molar-refractivity contribution >= 4 is 0 Å². The van der Waals surface area contributed by atoms with E-state index in [1.807, 2.05) is 60.4 Å². The molecule has 19 heavy (non-hydrogen) atoms. The zero-order valence-corrected chi connectivity index (χ0v) is 10.7. The molecule has 0 aliphatic heterocycles. The first-order valence-electron chi connectivity index (χ1n) is 6.16. The number of nitrogens with zero attached hydrogens (tertiary/aromatic N) is 3. The molecule has 0 saturated heterocycles. The molecule has 0 N–H and O–H groups in total. The molecule has 0 fully saturated rings. The highest BCUT2D eigenvalue weighted by Crippen LogP contribution is 2.21. The van der Waals surface area contributed by atoms with Crippen LogP contribution in [0.2, 0.25) is 0 Å². The lowest BCUT2D eigenvalue weighted by Gasteiger charge is -2.03. The van der Waals surface area contributed by atoms with Crippen molar-refractivity contribution in [3.8, 4) is 22.5 Å². The Morgan fingerprint density at radius 2 is 1.32 bits per heavy atom. The number of rotatable bonds is 2. The number of aromatic nitrogens is 3. The summed E-state index contributed by atoms with van der Waals surface area (Å²) in [5.74, 6) is 0. The number of pyridine rings is 3. The summed E-state index contributed by atoms with van der Waals surface area (Å²) in [5, 5.41) is 0. The lowest BCUT2D eigenvalue weighted by atomic mass is 10.1. The Labute approximate surface area is 112 Å². The molecule has 0 aliphatic rings. The molecule has 3 nitrogen and oxygen atoms in total. The molecule has 3 aromatic heterocycles. The van der Waals surface area contributed by atoms with Gasteiger partial charge in [0.2, 0.25) is 0 Å². The maximum absolute atomic E-state index is 4.39. The Balaban J connectivity index is 2.12. The van der Waals surface area contributed by atoms with Crippen LogP contribution in [-0.4, -0.2) is 9.97 Å². The zero-order valence-electron chi connectivity index (χ0n) is 10.7. The highest BCUT2D eigenvalue weighted by Gasteiger charge is 2.09. The first-order chi connectivity index (χ1) is 9.33. The van der Waals surface area contributed by atoms with Gasteiger partial charge >= 0.3 is 0 Å². The standard InChI is InChI=1S/C16H14N3/c1-19-11-13(15-6-2-4-8-17-15)10-14(12-19)16-7-3-5-9-18-16/h2-12H,1H3/q+1. The van der Waals surface area contributed by atoms with E-state index in [1.54, 1.807) is 0 Å². The summed E-state index contributed by atoms with van der Waals surface area (Å²) < 4.78 is 2.04. The van der Waals surface area contributed by atoms with Crippen molar-refractivity contribution in [1.29, 1.82) is 0 Å². The summed E-state index contributed by atoms with van der Waals surface area (Å²) in [6.45, 7) is 0. The molecular weight excluding hydrogens is 234 g/mol. The van der Waals surface area contributed by atoms with Gasteiger partial charge in [-0.3, -0.25) is 9.97 Å². The molecule has 0 aromatic carbocycles. The molecule has 0 spiro atoms. The lowest BCUT2D eigenvalue weighted by Crippen LogP contribution is -2.27. The maximum atomic E-state index is 4.39. The largest absolute Gasteiger partial charge is 0.256 e. The number of hydrogen-bond acceptors (Lipinski definition) is 2. The van der Waals surface area contributed by atoms with Gasteiger partial charge in [0.15, 0.2) is 12.4 Å². The van der Waals surface area contributed by atoms with E-state index in [2.05, 4.69) is 28.4 Å². The number of hydrogen-bond donors (Lipinski definition) is 0. The molecule has 0 saturated carbocycles. The molecule has 92 valence electrons. The van der Waals surface area contributed by atoms with Crippen LogP contribution in [0.25, 0.3) is 22.5 Å². The Bertz CT molecular complexity index is 621. The molecule has 0 aliphatic carbocycles. The molecule has 0 bridgehead atoms. The third kappa shape index (κ3) is 2.50. The van der Waals surface area contributed by atoms with Crippen molar-refractivity contribution in [3.05, 3.63) is 67.3 Å². The van der Waals surface area contributed by atoms with Crippen molar-refractivity contribution in [2.75, 3.05) is 0 Å². The van der Waals surface area contributed by atoms with E-state index in [0.29, 0.717) is 0 Å². The SMILES string of the molecule is C[n+]1cc(-c2ccccn2)cc(-c2ccccn2)c1. The smallest absolute Gasteiger partial charge is 0.178 e. The third-order valence-corrected chi connectivity index (χ3v) is 2.92. The van der Waals surface area contributed by atoms with Gasteiger partial charge in [-0.2, -0.15) is 0 Å². The van der Waals surface area contributed by atoms with Gasteiger partial charge in [-0.25, -0.2) is 4.57 Å². The second-order valence-corrected chi connectivity index (χ2v) is 4.41. The average molecular weight is 248 g/mol. The fraction of sp³-hybridized carbons (Fsp3) is 0.0625. The van der Waals surface area contributed by atoms with E-state index in [1.165, 1.54) is 0 Å². The van der Waals surface area contributed by atoms with Crippen LogP contribution in [0.1, 0.15) is 0 Å². The minimum Gasteiger partial charge on any atom is -0.256 e. The van der Waals surface area contributed by atoms with Crippen LogP contribution < -0.4 is 4.57 Å². The monoisotopic (exact) mass is 248 g/mol. The third-order valence-electron chi connectivity index (χ3n) is 2.92. The van der Waals surface area contributed by atoms with Gasteiger partial charge in [-0.05, 0) is 30.3 Å². The Hall–Kier alpha value is -2.55. The van der Waals surface area contributed by atoms with Crippen molar-refractivity contribution in [2.24, 2.45) is 7.05 Å². The molecule has 0 atom stereocenters. The van der Waals surface area contributed by atoms with Crippen LogP contribution >= 0.6 is 0 Å². The van der Waals surface area contributed by atoms with Crippen molar-refractivity contribution in [3.63, 3.8) is 0 Å². The second-order valence-electron chi connectivity index (χ2n) is 4.41. The molecule has 0 amide bonds. The molecule has 3 rings (SSSR count). The predicted octanol–water partition coefficient (Wildman–Crippen LogP) is 2.64. The second kappa shape index (κ2) is 4.98. The van der Waals surface area contributed by atoms with Gasteiger partial charge in [0.25, 0.3) is 0 Å². The summed E-state index contributed by atoms with van der Waals surface area (Å²) in [7, 11) is 2.01. The highest BCUT2D eigenvalue weighted by molar-refractivity contribution is 5.66. The molecule has 3 heterocycles. The summed E-state index contributed by atoms with van der Waals surface area (Å²) in [5.41, 5.74) is 4.12. The maximum Gasteiger partial charge on any atom is 0.178 e. The Kier molecular flexibility index (Phi) is 3.02. The van der Waals surface area contributed by atoms with E-state index >= 15 is 0 Å². The van der Waals surface area contributed by atoms with Gasteiger partial charge in [0, 0.05) is 12.4 Å². The minimum atomic E-state index is 0.968.